The van der Waals surface area contributed by atoms with E-state index in [0.29, 0.717) is 15.8 Å². The fourth-order valence-electron chi connectivity index (χ4n) is 3.15. The number of amides is 1. The molecule has 0 N–H and O–H groups in total. The maximum Gasteiger partial charge on any atom is 0.271 e. The number of rotatable bonds is 6. The van der Waals surface area contributed by atoms with E-state index in [9.17, 15) is 14.7 Å². The zero-order chi connectivity index (χ0) is 23.4. The van der Waals surface area contributed by atoms with Gasteiger partial charge in [-0.05, 0) is 73.6 Å². The van der Waals surface area contributed by atoms with Crippen molar-refractivity contribution >= 4 is 46.3 Å². The van der Waals surface area contributed by atoms with Gasteiger partial charge in [0.2, 0.25) is 0 Å². The summed E-state index contributed by atoms with van der Waals surface area (Å²) in [4.78, 5) is 30.8. The highest BCUT2D eigenvalue weighted by molar-refractivity contribution is 8.19. The molecule has 0 saturated carbocycles. The maximum absolute atomic E-state index is 13.4. The number of ether oxygens (including phenoxy) is 1. The summed E-state index contributed by atoms with van der Waals surface area (Å²) < 4.78 is 5.11. The molecule has 0 spiro atoms. The summed E-state index contributed by atoms with van der Waals surface area (Å²) in [5.41, 5.74) is 4.54. The molecule has 1 aliphatic rings. The molecule has 0 atom stereocenters. The first-order valence-corrected chi connectivity index (χ1v) is 11.1. The van der Waals surface area contributed by atoms with Crippen molar-refractivity contribution in [3.8, 4) is 5.75 Å². The number of aliphatic imine (C=N–C) groups is 1. The number of aryl methyl sites for hydroxylation is 2. The first-order chi connectivity index (χ1) is 15.9. The Hall–Kier alpha value is -3.84. The van der Waals surface area contributed by atoms with Gasteiger partial charge in [0.1, 0.15) is 12.4 Å². The van der Waals surface area contributed by atoms with Crippen molar-refractivity contribution in [3.05, 3.63) is 94.4 Å². The summed E-state index contributed by atoms with van der Waals surface area (Å²) in [5.74, 6) is -1.03. The van der Waals surface area contributed by atoms with Crippen LogP contribution in [0.5, 0.6) is 5.75 Å². The molecule has 33 heavy (non-hydrogen) atoms. The van der Waals surface area contributed by atoms with Gasteiger partial charge in [0.15, 0.2) is 5.17 Å². The number of nitrogens with zero attached hydrogens (tertiary/aromatic N) is 2. The monoisotopic (exact) mass is 457 g/mol. The minimum Gasteiger partial charge on any atom is -0.546 e. The van der Waals surface area contributed by atoms with Crippen LogP contribution in [0.25, 0.3) is 6.08 Å². The van der Waals surface area contributed by atoms with Gasteiger partial charge in [0.05, 0.1) is 22.2 Å². The van der Waals surface area contributed by atoms with Crippen LogP contribution in [0.4, 0.5) is 11.4 Å². The average molecular weight is 458 g/mol. The van der Waals surface area contributed by atoms with E-state index in [-0.39, 0.29) is 5.91 Å². The standard InChI is InChI=1S/C26H22N2O4S/c1-17-3-9-20(10-4-17)27-26-28(21-11-5-18(2)6-12-21)25(31)23(33-26)15-19-7-13-22(14-8-19)32-16-24(29)30/h3-15H,16H2,1-2H3,(H,29,30)/p-1/b23-15-,27-26?. The zero-order valence-electron chi connectivity index (χ0n) is 18.1. The lowest BCUT2D eigenvalue weighted by molar-refractivity contribution is -0.307. The van der Waals surface area contributed by atoms with E-state index in [1.165, 1.54) is 11.8 Å². The van der Waals surface area contributed by atoms with E-state index in [1.54, 1.807) is 35.2 Å². The summed E-state index contributed by atoms with van der Waals surface area (Å²) in [5, 5.41) is 11.1. The highest BCUT2D eigenvalue weighted by Crippen LogP contribution is 2.37. The lowest BCUT2D eigenvalue weighted by atomic mass is 10.2. The molecular weight excluding hydrogens is 436 g/mol. The fraction of sp³-hybridized carbons (Fsp3) is 0.115. The van der Waals surface area contributed by atoms with Gasteiger partial charge < -0.3 is 14.6 Å². The van der Waals surface area contributed by atoms with Crippen molar-refractivity contribution in [3.63, 3.8) is 0 Å². The SMILES string of the molecule is Cc1ccc(N=C2S/C(=C\c3ccc(OCC(=O)[O-])cc3)C(=O)N2c2ccc(C)cc2)cc1. The third-order valence-corrected chi connectivity index (χ3v) is 5.86. The van der Waals surface area contributed by atoms with Crippen molar-refractivity contribution in [1.29, 1.82) is 0 Å². The number of thioether (sulfide) groups is 1. The Morgan fingerprint density at radius 1 is 0.970 bits per heavy atom. The van der Waals surface area contributed by atoms with Crippen LogP contribution in [0.15, 0.2) is 82.7 Å². The second-order valence-electron chi connectivity index (χ2n) is 7.55. The molecule has 1 amide bonds. The number of amidine groups is 1. The van der Waals surface area contributed by atoms with Gasteiger partial charge in [-0.2, -0.15) is 0 Å². The van der Waals surface area contributed by atoms with Crippen LogP contribution in [-0.4, -0.2) is 23.7 Å². The number of carbonyl (C=O) groups excluding carboxylic acids is 2. The Labute approximate surface area is 196 Å². The molecule has 1 saturated heterocycles. The molecule has 0 aliphatic carbocycles. The topological polar surface area (TPSA) is 82.0 Å². The summed E-state index contributed by atoms with van der Waals surface area (Å²) in [6, 6.07) is 22.4. The third kappa shape index (κ3) is 5.51. The first kappa shape index (κ1) is 22.4. The van der Waals surface area contributed by atoms with Crippen LogP contribution in [0.3, 0.4) is 0 Å². The highest BCUT2D eigenvalue weighted by Gasteiger charge is 2.34. The molecule has 4 rings (SSSR count). The summed E-state index contributed by atoms with van der Waals surface area (Å²) in [7, 11) is 0. The molecule has 7 heteroatoms. The molecule has 6 nitrogen and oxygen atoms in total. The van der Waals surface area contributed by atoms with E-state index in [2.05, 4.69) is 0 Å². The third-order valence-electron chi connectivity index (χ3n) is 4.89. The number of carbonyl (C=O) groups is 2. The van der Waals surface area contributed by atoms with Gasteiger partial charge in [-0.1, -0.05) is 47.5 Å². The molecule has 0 radical (unpaired) electrons. The number of hydrogen-bond acceptors (Lipinski definition) is 6. The van der Waals surface area contributed by atoms with Gasteiger partial charge in [0, 0.05) is 0 Å². The summed E-state index contributed by atoms with van der Waals surface area (Å²) in [6.45, 7) is 3.50. The fourth-order valence-corrected chi connectivity index (χ4v) is 4.15. The number of aliphatic carboxylic acids is 1. The van der Waals surface area contributed by atoms with E-state index < -0.39 is 12.6 Å². The van der Waals surface area contributed by atoms with Crippen molar-refractivity contribution in [2.45, 2.75) is 13.8 Å². The van der Waals surface area contributed by atoms with Crippen LogP contribution < -0.4 is 14.7 Å². The molecule has 1 aliphatic heterocycles. The lowest BCUT2D eigenvalue weighted by Crippen LogP contribution is -2.28. The highest BCUT2D eigenvalue weighted by atomic mass is 32.2. The van der Waals surface area contributed by atoms with Gasteiger partial charge >= 0.3 is 0 Å². The van der Waals surface area contributed by atoms with Crippen LogP contribution in [0.1, 0.15) is 16.7 Å². The van der Waals surface area contributed by atoms with Gasteiger partial charge in [-0.15, -0.1) is 0 Å². The summed E-state index contributed by atoms with van der Waals surface area (Å²) in [6.07, 6.45) is 1.79. The molecule has 1 heterocycles. The first-order valence-electron chi connectivity index (χ1n) is 10.3. The second-order valence-corrected chi connectivity index (χ2v) is 8.56. The minimum atomic E-state index is -1.29. The van der Waals surface area contributed by atoms with Crippen molar-refractivity contribution in [2.75, 3.05) is 11.5 Å². The van der Waals surface area contributed by atoms with Crippen molar-refractivity contribution < 1.29 is 19.4 Å². The Morgan fingerprint density at radius 2 is 1.58 bits per heavy atom. The van der Waals surface area contributed by atoms with Crippen LogP contribution in [0.2, 0.25) is 0 Å². The Morgan fingerprint density at radius 3 is 2.18 bits per heavy atom. The predicted molar refractivity (Wildman–Crippen MR) is 129 cm³/mol. The summed E-state index contributed by atoms with van der Waals surface area (Å²) >= 11 is 1.31. The number of anilines is 1. The van der Waals surface area contributed by atoms with Gasteiger partial charge in [-0.25, -0.2) is 4.99 Å². The predicted octanol–water partition coefficient (Wildman–Crippen LogP) is 4.24. The van der Waals surface area contributed by atoms with Gasteiger partial charge in [-0.3, -0.25) is 9.69 Å². The largest absolute Gasteiger partial charge is 0.546 e. The molecule has 0 unspecified atom stereocenters. The van der Waals surface area contributed by atoms with E-state index in [1.807, 2.05) is 62.4 Å². The van der Waals surface area contributed by atoms with E-state index in [0.717, 1.165) is 28.1 Å². The molecule has 0 aromatic heterocycles. The molecular formula is C26H21N2O4S-. The average Bonchev–Trinajstić information content (AvgIpc) is 3.10. The van der Waals surface area contributed by atoms with E-state index >= 15 is 0 Å². The van der Waals surface area contributed by atoms with Crippen LogP contribution in [-0.2, 0) is 9.59 Å². The maximum atomic E-state index is 13.4. The van der Waals surface area contributed by atoms with Crippen LogP contribution in [0, 0.1) is 13.8 Å². The van der Waals surface area contributed by atoms with Crippen molar-refractivity contribution in [1.82, 2.24) is 0 Å². The minimum absolute atomic E-state index is 0.160. The lowest BCUT2D eigenvalue weighted by Gasteiger charge is -2.16. The number of carboxylic acid groups (broad SMARTS) is 1. The number of carboxylic acids is 1. The molecule has 166 valence electrons. The quantitative estimate of drug-likeness (QED) is 0.517. The van der Waals surface area contributed by atoms with E-state index in [4.69, 9.17) is 9.73 Å². The molecule has 3 aromatic carbocycles. The number of benzene rings is 3. The Bertz CT molecular complexity index is 1230. The molecule has 3 aromatic rings. The second kappa shape index (κ2) is 9.75. The van der Waals surface area contributed by atoms with Gasteiger partial charge in [0.25, 0.3) is 5.91 Å². The normalized spacial score (nSPS) is 15.9. The smallest absolute Gasteiger partial charge is 0.271 e. The zero-order valence-corrected chi connectivity index (χ0v) is 19.0. The Kier molecular flexibility index (Phi) is 6.60. The number of hydrogen-bond donors (Lipinski definition) is 0. The molecule has 0 bridgehead atoms. The van der Waals surface area contributed by atoms with Crippen molar-refractivity contribution in [2.24, 2.45) is 4.99 Å². The molecule has 1 fully saturated rings. The Balaban J connectivity index is 1.65. The van der Waals surface area contributed by atoms with Crippen LogP contribution >= 0.6 is 11.8 Å².